The fourth-order valence-corrected chi connectivity index (χ4v) is 4.37. The van der Waals surface area contributed by atoms with Crippen LogP contribution in [0.4, 0.5) is 0 Å². The Kier molecular flexibility index (Phi) is 8.07. The van der Waals surface area contributed by atoms with Gasteiger partial charge in [0.2, 0.25) is 0 Å². The second kappa shape index (κ2) is 10.7. The monoisotopic (exact) mass is 518 g/mol. The van der Waals surface area contributed by atoms with E-state index in [0.29, 0.717) is 11.8 Å². The van der Waals surface area contributed by atoms with Gasteiger partial charge in [-0.15, -0.1) is 34.2 Å². The predicted octanol–water partition coefficient (Wildman–Crippen LogP) is 3.98. The summed E-state index contributed by atoms with van der Waals surface area (Å²) in [5.41, 5.74) is 2.37. The first kappa shape index (κ1) is 22.5. The zero-order chi connectivity index (χ0) is 20.1. The topological polar surface area (TPSA) is 57.8 Å². The summed E-state index contributed by atoms with van der Waals surface area (Å²) in [5.74, 6) is 3.25. The maximum Gasteiger partial charge on any atom is 0.193 e. The summed E-state index contributed by atoms with van der Waals surface area (Å²) in [6, 6.07) is 16.9. The highest BCUT2D eigenvalue weighted by atomic mass is 127. The first-order valence-corrected chi connectivity index (χ1v) is 10.6. The number of hydrogen-bond donors (Lipinski definition) is 1. The minimum atomic E-state index is 0. The number of nitrogens with one attached hydrogen (secondary N) is 1. The van der Waals surface area contributed by atoms with Gasteiger partial charge in [-0.1, -0.05) is 43.3 Å². The van der Waals surface area contributed by atoms with Crippen LogP contribution in [0.25, 0.3) is 5.65 Å². The van der Waals surface area contributed by atoms with Gasteiger partial charge in [-0.2, -0.15) is 0 Å². The molecule has 3 aromatic rings. The number of likely N-dealkylation sites (tertiary alicyclic amines) is 1. The van der Waals surface area contributed by atoms with Gasteiger partial charge in [0.05, 0.1) is 0 Å². The van der Waals surface area contributed by atoms with Gasteiger partial charge in [-0.3, -0.25) is 9.39 Å². The Balaban J connectivity index is 0.00000256. The molecular formula is C23H31IN6. The Morgan fingerprint density at radius 2 is 1.93 bits per heavy atom. The van der Waals surface area contributed by atoms with E-state index in [0.717, 1.165) is 56.3 Å². The van der Waals surface area contributed by atoms with Gasteiger partial charge in [0.15, 0.2) is 11.6 Å². The quantitative estimate of drug-likeness (QED) is 0.240. The number of aryl methyl sites for hydroxylation is 1. The molecule has 0 aliphatic carbocycles. The van der Waals surface area contributed by atoms with Gasteiger partial charge >= 0.3 is 0 Å². The van der Waals surface area contributed by atoms with Gasteiger partial charge in [0, 0.05) is 39.3 Å². The lowest BCUT2D eigenvalue weighted by atomic mass is 9.82. The molecule has 2 aromatic heterocycles. The summed E-state index contributed by atoms with van der Waals surface area (Å²) >= 11 is 0. The summed E-state index contributed by atoms with van der Waals surface area (Å²) in [5, 5.41) is 12.1. The molecule has 160 valence electrons. The van der Waals surface area contributed by atoms with Crippen molar-refractivity contribution in [3.63, 3.8) is 0 Å². The van der Waals surface area contributed by atoms with Crippen LogP contribution in [0, 0.1) is 5.92 Å². The predicted molar refractivity (Wildman–Crippen MR) is 133 cm³/mol. The molecule has 30 heavy (non-hydrogen) atoms. The molecule has 1 aliphatic rings. The molecule has 2 unspecified atom stereocenters. The molecular weight excluding hydrogens is 487 g/mol. The van der Waals surface area contributed by atoms with Crippen molar-refractivity contribution in [2.75, 3.05) is 26.7 Å². The highest BCUT2D eigenvalue weighted by molar-refractivity contribution is 14.0. The molecule has 6 nitrogen and oxygen atoms in total. The van der Waals surface area contributed by atoms with Crippen molar-refractivity contribution >= 4 is 35.6 Å². The third-order valence-corrected chi connectivity index (χ3v) is 5.89. The largest absolute Gasteiger partial charge is 0.356 e. The van der Waals surface area contributed by atoms with Crippen LogP contribution < -0.4 is 5.32 Å². The van der Waals surface area contributed by atoms with Crippen LogP contribution in [0.3, 0.4) is 0 Å². The van der Waals surface area contributed by atoms with Crippen molar-refractivity contribution in [1.82, 2.24) is 24.8 Å². The van der Waals surface area contributed by atoms with E-state index in [9.17, 15) is 0 Å². The third kappa shape index (κ3) is 5.11. The molecule has 1 aromatic carbocycles. The third-order valence-electron chi connectivity index (χ3n) is 5.89. The average Bonchev–Trinajstić information content (AvgIpc) is 3.17. The molecule has 0 radical (unpaired) electrons. The molecule has 0 spiro atoms. The average molecular weight is 518 g/mol. The van der Waals surface area contributed by atoms with E-state index < -0.39 is 0 Å². The second-order valence-electron chi connectivity index (χ2n) is 7.85. The SMILES string of the molecule is CN=C(NCCCc1nnc2ccccn12)N1CCC(c2ccccc2)C(C)C1.I. The molecule has 7 heteroatoms. The number of fused-ring (bicyclic) bond motifs is 1. The number of nitrogens with zero attached hydrogens (tertiary/aromatic N) is 5. The van der Waals surface area contributed by atoms with Crippen LogP contribution in [-0.2, 0) is 6.42 Å². The van der Waals surface area contributed by atoms with Crippen molar-refractivity contribution in [2.24, 2.45) is 10.9 Å². The smallest absolute Gasteiger partial charge is 0.193 e. The number of pyridine rings is 1. The molecule has 1 aliphatic heterocycles. The first-order valence-electron chi connectivity index (χ1n) is 10.6. The Hall–Kier alpha value is -2.16. The van der Waals surface area contributed by atoms with Gasteiger partial charge < -0.3 is 10.2 Å². The minimum absolute atomic E-state index is 0. The van der Waals surface area contributed by atoms with E-state index in [1.54, 1.807) is 0 Å². The molecule has 2 atom stereocenters. The number of rotatable bonds is 5. The number of benzene rings is 1. The van der Waals surface area contributed by atoms with Crippen molar-refractivity contribution in [3.05, 3.63) is 66.1 Å². The number of hydrogen-bond acceptors (Lipinski definition) is 3. The Bertz CT molecular complexity index is 954. The second-order valence-corrected chi connectivity index (χ2v) is 7.85. The standard InChI is InChI=1S/C23H30N6.HI/c1-18-17-28(16-13-20(18)19-9-4-3-5-10-19)23(24-2)25-14-8-12-22-27-26-21-11-6-7-15-29(21)22;/h3-7,9-11,15,18,20H,8,12-14,16-17H2,1-2H3,(H,24,25);1H. The number of aliphatic imine (C=N–C) groups is 1. The zero-order valence-corrected chi connectivity index (χ0v) is 20.1. The normalized spacial score (nSPS) is 19.5. The molecule has 0 saturated carbocycles. The number of aromatic nitrogens is 3. The summed E-state index contributed by atoms with van der Waals surface area (Å²) in [6.07, 6.45) is 5.07. The van der Waals surface area contributed by atoms with Crippen LogP contribution in [0.2, 0.25) is 0 Å². The molecule has 0 bridgehead atoms. The van der Waals surface area contributed by atoms with Crippen LogP contribution in [0.1, 0.15) is 37.1 Å². The Morgan fingerprint density at radius 3 is 2.70 bits per heavy atom. The van der Waals surface area contributed by atoms with Gasteiger partial charge in [-0.25, -0.2) is 0 Å². The molecule has 1 N–H and O–H groups in total. The molecule has 0 amide bonds. The zero-order valence-electron chi connectivity index (χ0n) is 17.7. The maximum absolute atomic E-state index is 4.53. The number of guanidine groups is 1. The van der Waals surface area contributed by atoms with Crippen LogP contribution >= 0.6 is 24.0 Å². The van der Waals surface area contributed by atoms with E-state index >= 15 is 0 Å². The van der Waals surface area contributed by atoms with Crippen molar-refractivity contribution < 1.29 is 0 Å². The maximum atomic E-state index is 4.53. The molecule has 1 saturated heterocycles. The van der Waals surface area contributed by atoms with Gasteiger partial charge in [0.25, 0.3) is 0 Å². The van der Waals surface area contributed by atoms with Gasteiger partial charge in [-0.05, 0) is 42.4 Å². The van der Waals surface area contributed by atoms with Gasteiger partial charge in [0.1, 0.15) is 5.82 Å². The van der Waals surface area contributed by atoms with Crippen LogP contribution in [0.5, 0.6) is 0 Å². The fraction of sp³-hybridized carbons (Fsp3) is 0.435. The molecule has 1 fully saturated rings. The highest BCUT2D eigenvalue weighted by Crippen LogP contribution is 2.32. The van der Waals surface area contributed by atoms with Crippen LogP contribution in [0.15, 0.2) is 59.7 Å². The summed E-state index contributed by atoms with van der Waals surface area (Å²) in [7, 11) is 1.88. The van der Waals surface area contributed by atoms with E-state index in [-0.39, 0.29) is 24.0 Å². The summed E-state index contributed by atoms with van der Waals surface area (Å²) in [6.45, 7) is 5.31. The lowest BCUT2D eigenvalue weighted by molar-refractivity contribution is 0.234. The fourth-order valence-electron chi connectivity index (χ4n) is 4.37. The van der Waals surface area contributed by atoms with Crippen molar-refractivity contribution in [2.45, 2.75) is 32.1 Å². The number of halogens is 1. The van der Waals surface area contributed by atoms with E-state index in [1.165, 1.54) is 5.56 Å². The summed E-state index contributed by atoms with van der Waals surface area (Å²) < 4.78 is 2.06. The Labute approximate surface area is 195 Å². The van der Waals surface area contributed by atoms with E-state index in [1.807, 2.05) is 31.4 Å². The van der Waals surface area contributed by atoms with Crippen molar-refractivity contribution in [1.29, 1.82) is 0 Å². The molecule has 3 heterocycles. The minimum Gasteiger partial charge on any atom is -0.356 e. The van der Waals surface area contributed by atoms with E-state index in [4.69, 9.17) is 0 Å². The highest BCUT2D eigenvalue weighted by Gasteiger charge is 2.28. The van der Waals surface area contributed by atoms with E-state index in [2.05, 4.69) is 67.1 Å². The van der Waals surface area contributed by atoms with Crippen LogP contribution in [-0.4, -0.2) is 52.1 Å². The Morgan fingerprint density at radius 1 is 1.13 bits per heavy atom. The summed E-state index contributed by atoms with van der Waals surface area (Å²) in [4.78, 5) is 6.93. The first-order chi connectivity index (χ1) is 14.3. The van der Waals surface area contributed by atoms with Crippen molar-refractivity contribution in [3.8, 4) is 0 Å². The number of piperidine rings is 1. The lowest BCUT2D eigenvalue weighted by Crippen LogP contribution is -2.48. The molecule has 4 rings (SSSR count). The lowest BCUT2D eigenvalue weighted by Gasteiger charge is -2.39.